The zero-order valence-electron chi connectivity index (χ0n) is 17.2. The maximum absolute atomic E-state index is 5.77. The van der Waals surface area contributed by atoms with Crippen molar-refractivity contribution in [3.05, 3.63) is 35.4 Å². The van der Waals surface area contributed by atoms with E-state index >= 15 is 0 Å². The second-order valence-corrected chi connectivity index (χ2v) is 7.50. The first-order valence-corrected chi connectivity index (χ1v) is 9.78. The number of ether oxygens (including phenoxy) is 2. The zero-order valence-corrected chi connectivity index (χ0v) is 19.5. The molecular weight excluding hydrogens is 453 g/mol. The first-order valence-electron chi connectivity index (χ1n) is 9.78. The Morgan fingerprint density at radius 3 is 2.59 bits per heavy atom. The predicted molar refractivity (Wildman–Crippen MR) is 123 cm³/mol. The van der Waals surface area contributed by atoms with Crippen LogP contribution in [0.2, 0.25) is 0 Å². The number of hydrogen-bond donors (Lipinski definition) is 2. The van der Waals surface area contributed by atoms with Crippen LogP contribution in [0.5, 0.6) is 0 Å². The lowest BCUT2D eigenvalue weighted by Gasteiger charge is -2.23. The molecule has 0 radical (unpaired) electrons. The molecule has 0 bridgehead atoms. The number of aliphatic imine (C=N–C) groups is 1. The van der Waals surface area contributed by atoms with Gasteiger partial charge in [-0.05, 0) is 35.8 Å². The summed E-state index contributed by atoms with van der Waals surface area (Å²) in [7, 11) is 1.80. The van der Waals surface area contributed by atoms with Crippen molar-refractivity contribution in [1.82, 2.24) is 10.6 Å². The Bertz CT molecular complexity index is 555. The lowest BCUT2D eigenvalue weighted by Crippen LogP contribution is -2.37. The highest BCUT2D eigenvalue weighted by Gasteiger charge is 2.17. The molecule has 1 saturated heterocycles. The molecule has 1 aliphatic rings. The quantitative estimate of drug-likeness (QED) is 0.240. The maximum atomic E-state index is 5.77. The van der Waals surface area contributed by atoms with Crippen molar-refractivity contribution < 1.29 is 9.47 Å². The van der Waals surface area contributed by atoms with Crippen LogP contribution in [0, 0.1) is 0 Å². The lowest BCUT2D eigenvalue weighted by molar-refractivity contribution is 0.0420. The third-order valence-corrected chi connectivity index (χ3v) is 5.16. The third kappa shape index (κ3) is 8.35. The minimum atomic E-state index is 0. The van der Waals surface area contributed by atoms with Gasteiger partial charge in [-0.2, -0.15) is 0 Å². The largest absolute Gasteiger partial charge is 0.379 e. The average molecular weight is 489 g/mol. The number of hydrogen-bond acceptors (Lipinski definition) is 3. The van der Waals surface area contributed by atoms with E-state index in [0.717, 1.165) is 58.1 Å². The Morgan fingerprint density at radius 2 is 2.00 bits per heavy atom. The Kier molecular flexibility index (Phi) is 11.3. The first-order chi connectivity index (χ1) is 12.5. The molecule has 2 rings (SSSR count). The normalized spacial score (nSPS) is 17.5. The molecule has 5 nitrogen and oxygen atoms in total. The summed E-state index contributed by atoms with van der Waals surface area (Å²) in [6.45, 7) is 10.7. The van der Waals surface area contributed by atoms with Crippen LogP contribution in [-0.4, -0.2) is 45.5 Å². The molecule has 2 N–H and O–H groups in total. The van der Waals surface area contributed by atoms with E-state index < -0.39 is 0 Å². The highest BCUT2D eigenvalue weighted by atomic mass is 127. The minimum absolute atomic E-state index is 0. The van der Waals surface area contributed by atoms with Gasteiger partial charge in [-0.15, -0.1) is 24.0 Å². The molecule has 1 atom stereocenters. The van der Waals surface area contributed by atoms with Gasteiger partial charge in [-0.1, -0.05) is 45.0 Å². The topological polar surface area (TPSA) is 54.9 Å². The lowest BCUT2D eigenvalue weighted by atomic mass is 9.82. The summed E-state index contributed by atoms with van der Waals surface area (Å²) in [5.74, 6) is 0.826. The van der Waals surface area contributed by atoms with Crippen molar-refractivity contribution in [2.24, 2.45) is 4.99 Å². The molecule has 1 aromatic carbocycles. The molecule has 154 valence electrons. The van der Waals surface area contributed by atoms with Crippen LogP contribution in [0.4, 0.5) is 0 Å². The summed E-state index contributed by atoms with van der Waals surface area (Å²) in [5, 5.41) is 6.71. The van der Waals surface area contributed by atoms with Crippen LogP contribution >= 0.6 is 24.0 Å². The Morgan fingerprint density at radius 1 is 1.26 bits per heavy atom. The molecule has 1 aromatic rings. The fraction of sp³-hybridized carbons (Fsp3) is 0.667. The number of benzene rings is 1. The summed E-state index contributed by atoms with van der Waals surface area (Å²) in [4.78, 5) is 4.28. The highest BCUT2D eigenvalue weighted by molar-refractivity contribution is 14.0. The average Bonchev–Trinajstić information content (AvgIpc) is 3.17. The van der Waals surface area contributed by atoms with E-state index in [4.69, 9.17) is 9.47 Å². The van der Waals surface area contributed by atoms with Gasteiger partial charge in [0.2, 0.25) is 0 Å². The van der Waals surface area contributed by atoms with E-state index in [0.29, 0.717) is 0 Å². The summed E-state index contributed by atoms with van der Waals surface area (Å²) in [6.07, 6.45) is 3.40. The molecule has 0 amide bonds. The van der Waals surface area contributed by atoms with Crippen molar-refractivity contribution in [3.63, 3.8) is 0 Å². The SMILES string of the molecule is CCC(C)(C)c1ccc(CNC(=NC)NCCCOC2CCOC2)cc1.I. The van der Waals surface area contributed by atoms with Crippen molar-refractivity contribution in [1.29, 1.82) is 0 Å². The zero-order chi connectivity index (χ0) is 18.8. The summed E-state index contributed by atoms with van der Waals surface area (Å²) in [5.41, 5.74) is 2.88. The van der Waals surface area contributed by atoms with Crippen LogP contribution in [0.25, 0.3) is 0 Å². The summed E-state index contributed by atoms with van der Waals surface area (Å²) < 4.78 is 11.1. The molecule has 1 fully saturated rings. The molecule has 1 heterocycles. The molecule has 0 aliphatic carbocycles. The summed E-state index contributed by atoms with van der Waals surface area (Å²) in [6, 6.07) is 8.87. The molecule has 6 heteroatoms. The third-order valence-electron chi connectivity index (χ3n) is 5.16. The van der Waals surface area contributed by atoms with E-state index in [2.05, 4.69) is 60.7 Å². The fourth-order valence-electron chi connectivity index (χ4n) is 2.86. The summed E-state index contributed by atoms with van der Waals surface area (Å²) >= 11 is 0. The van der Waals surface area contributed by atoms with Gasteiger partial charge in [0.05, 0.1) is 12.7 Å². The molecule has 27 heavy (non-hydrogen) atoms. The van der Waals surface area contributed by atoms with Crippen LogP contribution in [0.1, 0.15) is 51.2 Å². The van der Waals surface area contributed by atoms with Crippen molar-refractivity contribution in [3.8, 4) is 0 Å². The second-order valence-electron chi connectivity index (χ2n) is 7.50. The van der Waals surface area contributed by atoms with Crippen LogP contribution in [0.3, 0.4) is 0 Å². The van der Waals surface area contributed by atoms with Crippen molar-refractivity contribution in [2.45, 2.75) is 58.1 Å². The molecular formula is C21H36IN3O2. The van der Waals surface area contributed by atoms with Gasteiger partial charge in [-0.25, -0.2) is 0 Å². The number of rotatable bonds is 9. The van der Waals surface area contributed by atoms with E-state index in [1.807, 2.05) is 0 Å². The second kappa shape index (κ2) is 12.6. The van der Waals surface area contributed by atoms with Crippen LogP contribution in [-0.2, 0) is 21.4 Å². The Labute approximate surface area is 181 Å². The molecule has 0 saturated carbocycles. The fourth-order valence-corrected chi connectivity index (χ4v) is 2.86. The smallest absolute Gasteiger partial charge is 0.191 e. The Balaban J connectivity index is 0.00000364. The molecule has 0 aromatic heterocycles. The maximum Gasteiger partial charge on any atom is 0.191 e. The minimum Gasteiger partial charge on any atom is -0.379 e. The van der Waals surface area contributed by atoms with Gasteiger partial charge in [-0.3, -0.25) is 4.99 Å². The van der Waals surface area contributed by atoms with Gasteiger partial charge in [0.1, 0.15) is 0 Å². The van der Waals surface area contributed by atoms with Crippen LogP contribution < -0.4 is 10.6 Å². The van der Waals surface area contributed by atoms with E-state index in [-0.39, 0.29) is 35.5 Å². The van der Waals surface area contributed by atoms with E-state index in [1.54, 1.807) is 7.05 Å². The molecule has 1 aliphatic heterocycles. The van der Waals surface area contributed by atoms with Gasteiger partial charge in [0, 0.05) is 33.4 Å². The van der Waals surface area contributed by atoms with E-state index in [1.165, 1.54) is 11.1 Å². The van der Waals surface area contributed by atoms with Gasteiger partial charge in [0.25, 0.3) is 0 Å². The number of halogens is 1. The standard InChI is InChI=1S/C21H35N3O2.HI/c1-5-21(2,3)18-9-7-17(8-10-18)15-24-20(22-4)23-12-6-13-26-19-11-14-25-16-19;/h7-10,19H,5-6,11-16H2,1-4H3,(H2,22,23,24);1H. The Hall–Kier alpha value is -0.860. The first kappa shape index (κ1) is 24.2. The number of guanidine groups is 1. The number of nitrogens with zero attached hydrogens (tertiary/aromatic N) is 1. The van der Waals surface area contributed by atoms with Gasteiger partial charge in [0.15, 0.2) is 5.96 Å². The van der Waals surface area contributed by atoms with Gasteiger partial charge >= 0.3 is 0 Å². The highest BCUT2D eigenvalue weighted by Crippen LogP contribution is 2.26. The van der Waals surface area contributed by atoms with Crippen molar-refractivity contribution >= 4 is 29.9 Å². The molecule has 1 unspecified atom stereocenters. The van der Waals surface area contributed by atoms with E-state index in [9.17, 15) is 0 Å². The van der Waals surface area contributed by atoms with Crippen LogP contribution in [0.15, 0.2) is 29.3 Å². The van der Waals surface area contributed by atoms with Crippen molar-refractivity contribution in [2.75, 3.05) is 33.4 Å². The monoisotopic (exact) mass is 489 g/mol. The molecule has 0 spiro atoms. The number of nitrogens with one attached hydrogen (secondary N) is 2. The van der Waals surface area contributed by atoms with Gasteiger partial charge < -0.3 is 20.1 Å². The predicted octanol–water partition coefficient (Wildman–Crippen LogP) is 3.85.